The van der Waals surface area contributed by atoms with Crippen LogP contribution in [-0.2, 0) is 4.79 Å². The minimum atomic E-state index is 0.315. The van der Waals surface area contributed by atoms with Crippen molar-refractivity contribution in [1.82, 2.24) is 10.2 Å². The van der Waals surface area contributed by atoms with Gasteiger partial charge < -0.3 is 0 Å². The number of nitrogens with zero attached hydrogens (tertiary/aromatic N) is 2. The van der Waals surface area contributed by atoms with Crippen molar-refractivity contribution in [1.29, 1.82) is 0 Å². The number of aryl methyl sites for hydroxylation is 1. The van der Waals surface area contributed by atoms with Crippen LogP contribution >= 0.6 is 23.1 Å². The van der Waals surface area contributed by atoms with E-state index in [4.69, 9.17) is 0 Å². The molecular weight excluding hydrogens is 240 g/mol. The van der Waals surface area contributed by atoms with E-state index in [1.165, 1.54) is 31.0 Å². The van der Waals surface area contributed by atoms with Crippen molar-refractivity contribution in [3.63, 3.8) is 0 Å². The fraction of sp³-hybridized carbons (Fsp3) is 0.727. The Morgan fingerprint density at radius 1 is 1.38 bits per heavy atom. The second kappa shape index (κ2) is 5.77. The third-order valence-corrected chi connectivity index (χ3v) is 4.90. The Kier molecular flexibility index (Phi) is 4.35. The molecule has 0 spiro atoms. The van der Waals surface area contributed by atoms with Crippen molar-refractivity contribution in [2.45, 2.75) is 43.4 Å². The zero-order chi connectivity index (χ0) is 11.4. The van der Waals surface area contributed by atoms with Gasteiger partial charge in [0.25, 0.3) is 0 Å². The lowest BCUT2D eigenvalue weighted by Crippen LogP contribution is -2.19. The Balaban J connectivity index is 1.78. The molecule has 1 aromatic heterocycles. The molecule has 16 heavy (non-hydrogen) atoms. The highest BCUT2D eigenvalue weighted by atomic mass is 32.2. The van der Waals surface area contributed by atoms with E-state index in [1.54, 1.807) is 11.3 Å². The van der Waals surface area contributed by atoms with Gasteiger partial charge in [-0.1, -0.05) is 42.4 Å². The lowest BCUT2D eigenvalue weighted by Gasteiger charge is -2.19. The van der Waals surface area contributed by atoms with Crippen LogP contribution in [0.1, 0.15) is 37.1 Å². The molecule has 0 unspecified atom stereocenters. The molecule has 0 aromatic carbocycles. The molecule has 0 bridgehead atoms. The van der Waals surface area contributed by atoms with E-state index in [-0.39, 0.29) is 0 Å². The van der Waals surface area contributed by atoms with Crippen LogP contribution in [0.25, 0.3) is 0 Å². The van der Waals surface area contributed by atoms with Crippen molar-refractivity contribution < 1.29 is 4.79 Å². The first kappa shape index (κ1) is 12.0. The number of carbonyl (C=O) groups excluding carboxylic acids is 1. The summed E-state index contributed by atoms with van der Waals surface area (Å²) in [6, 6.07) is 0. The van der Waals surface area contributed by atoms with E-state index >= 15 is 0 Å². The quantitative estimate of drug-likeness (QED) is 0.776. The molecule has 1 aliphatic rings. The average molecular weight is 256 g/mol. The van der Waals surface area contributed by atoms with Gasteiger partial charge in [-0.25, -0.2) is 0 Å². The first-order valence-corrected chi connectivity index (χ1v) is 7.51. The number of thioether (sulfide) groups is 1. The number of hydrogen-bond donors (Lipinski definition) is 0. The Hall–Kier alpha value is -0.420. The minimum Gasteiger partial charge on any atom is -0.298 e. The van der Waals surface area contributed by atoms with Crippen LogP contribution in [0.4, 0.5) is 0 Å². The third kappa shape index (κ3) is 3.28. The fourth-order valence-electron chi connectivity index (χ4n) is 2.01. The molecule has 0 aliphatic heterocycles. The number of ketones is 1. The van der Waals surface area contributed by atoms with Crippen molar-refractivity contribution >= 4 is 28.9 Å². The number of aromatic nitrogens is 2. The van der Waals surface area contributed by atoms with E-state index in [1.807, 2.05) is 6.92 Å². The zero-order valence-corrected chi connectivity index (χ0v) is 11.1. The van der Waals surface area contributed by atoms with Gasteiger partial charge in [-0.2, -0.15) is 0 Å². The summed E-state index contributed by atoms with van der Waals surface area (Å²) in [6.45, 7) is 1.94. The van der Waals surface area contributed by atoms with Gasteiger partial charge in [-0.05, 0) is 19.8 Å². The molecule has 2 rings (SSSR count). The summed E-state index contributed by atoms with van der Waals surface area (Å²) in [7, 11) is 0. The smallest absolute Gasteiger partial charge is 0.174 e. The van der Waals surface area contributed by atoms with Gasteiger partial charge in [0.1, 0.15) is 10.8 Å². The maximum absolute atomic E-state index is 11.9. The fourth-order valence-corrected chi connectivity index (χ4v) is 3.80. The normalized spacial score (nSPS) is 17.6. The van der Waals surface area contributed by atoms with Crippen molar-refractivity contribution in [3.05, 3.63) is 5.01 Å². The molecule has 0 radical (unpaired) electrons. The van der Waals surface area contributed by atoms with E-state index < -0.39 is 0 Å². The largest absolute Gasteiger partial charge is 0.298 e. The average Bonchev–Trinajstić information content (AvgIpc) is 2.73. The molecule has 1 aliphatic carbocycles. The van der Waals surface area contributed by atoms with Gasteiger partial charge in [-0.3, -0.25) is 4.79 Å². The maximum Gasteiger partial charge on any atom is 0.174 e. The van der Waals surface area contributed by atoms with E-state index in [0.717, 1.165) is 22.2 Å². The zero-order valence-electron chi connectivity index (χ0n) is 9.44. The summed E-state index contributed by atoms with van der Waals surface area (Å²) in [5, 5.41) is 8.92. The maximum atomic E-state index is 11.9. The summed E-state index contributed by atoms with van der Waals surface area (Å²) in [5.74, 6) is 1.28. The van der Waals surface area contributed by atoms with Crippen LogP contribution in [-0.4, -0.2) is 21.7 Å². The lowest BCUT2D eigenvalue weighted by molar-refractivity contribution is -0.121. The monoisotopic (exact) mass is 256 g/mol. The van der Waals surface area contributed by atoms with Crippen LogP contribution in [0.3, 0.4) is 0 Å². The van der Waals surface area contributed by atoms with Crippen LogP contribution in [0.5, 0.6) is 0 Å². The van der Waals surface area contributed by atoms with Crippen LogP contribution in [0.2, 0.25) is 0 Å². The lowest BCUT2D eigenvalue weighted by atomic mass is 9.87. The highest BCUT2D eigenvalue weighted by Crippen LogP contribution is 2.28. The Morgan fingerprint density at radius 2 is 2.12 bits per heavy atom. The molecule has 88 valence electrons. The molecule has 0 amide bonds. The first-order valence-electron chi connectivity index (χ1n) is 5.71. The van der Waals surface area contributed by atoms with Gasteiger partial charge in [0.15, 0.2) is 4.34 Å². The molecule has 1 fully saturated rings. The molecule has 1 aromatic rings. The van der Waals surface area contributed by atoms with Gasteiger partial charge in [-0.15, -0.1) is 10.2 Å². The predicted octanol–water partition coefficient (Wildman–Crippen LogP) is 3.09. The number of Topliss-reactive ketones (excluding diaryl/α,β-unsaturated/α-hetero) is 1. The summed E-state index contributed by atoms with van der Waals surface area (Å²) in [4.78, 5) is 11.9. The van der Waals surface area contributed by atoms with Gasteiger partial charge in [0, 0.05) is 5.92 Å². The Bertz CT molecular complexity index is 359. The van der Waals surface area contributed by atoms with Crippen LogP contribution < -0.4 is 0 Å². The highest BCUT2D eigenvalue weighted by Gasteiger charge is 2.21. The van der Waals surface area contributed by atoms with Gasteiger partial charge in [0.05, 0.1) is 5.75 Å². The molecule has 1 saturated carbocycles. The number of rotatable bonds is 4. The highest BCUT2D eigenvalue weighted by molar-refractivity contribution is 8.01. The molecule has 1 heterocycles. The topological polar surface area (TPSA) is 42.9 Å². The molecule has 5 heteroatoms. The first-order chi connectivity index (χ1) is 7.75. The summed E-state index contributed by atoms with van der Waals surface area (Å²) in [5.41, 5.74) is 0. The second-order valence-corrected chi connectivity index (χ2v) is 6.58. The number of carbonyl (C=O) groups is 1. The van der Waals surface area contributed by atoms with Crippen LogP contribution in [0.15, 0.2) is 4.34 Å². The van der Waals surface area contributed by atoms with Crippen molar-refractivity contribution in [2.75, 3.05) is 5.75 Å². The second-order valence-electron chi connectivity index (χ2n) is 4.18. The molecule has 0 saturated heterocycles. The standard InChI is InChI=1S/C11H16N2OS2/c1-8-12-13-11(16-8)15-7-10(14)9-5-3-2-4-6-9/h9H,2-7H2,1H3. The third-order valence-electron chi connectivity index (χ3n) is 2.91. The minimum absolute atomic E-state index is 0.315. The summed E-state index contributed by atoms with van der Waals surface area (Å²) < 4.78 is 0.918. The number of hydrogen-bond acceptors (Lipinski definition) is 5. The van der Waals surface area contributed by atoms with E-state index in [9.17, 15) is 4.79 Å². The van der Waals surface area contributed by atoms with E-state index in [0.29, 0.717) is 17.5 Å². The molecule has 0 N–H and O–H groups in total. The molecule has 0 atom stereocenters. The van der Waals surface area contributed by atoms with Crippen molar-refractivity contribution in [3.8, 4) is 0 Å². The molecule has 3 nitrogen and oxygen atoms in total. The van der Waals surface area contributed by atoms with Crippen LogP contribution in [0, 0.1) is 12.8 Å². The van der Waals surface area contributed by atoms with E-state index in [2.05, 4.69) is 10.2 Å². The van der Waals surface area contributed by atoms with Gasteiger partial charge >= 0.3 is 0 Å². The Morgan fingerprint density at radius 3 is 2.75 bits per heavy atom. The predicted molar refractivity (Wildman–Crippen MR) is 67.0 cm³/mol. The SMILES string of the molecule is Cc1nnc(SCC(=O)C2CCCCC2)s1. The summed E-state index contributed by atoms with van der Waals surface area (Å²) in [6.07, 6.45) is 5.92. The summed E-state index contributed by atoms with van der Waals surface area (Å²) >= 11 is 3.10. The molecular formula is C11H16N2OS2. The Labute approximate surface area is 104 Å². The van der Waals surface area contributed by atoms with Gasteiger partial charge in [0.2, 0.25) is 0 Å². The van der Waals surface area contributed by atoms with Crippen molar-refractivity contribution in [2.24, 2.45) is 5.92 Å².